The van der Waals surface area contributed by atoms with Crippen LogP contribution in [0.1, 0.15) is 28.8 Å². The Bertz CT molecular complexity index is 536. The molecule has 0 aliphatic carbocycles. The molecule has 2 aromatic rings. The number of furan rings is 1. The van der Waals surface area contributed by atoms with Gasteiger partial charge in [0.1, 0.15) is 27.9 Å². The van der Waals surface area contributed by atoms with E-state index in [-0.39, 0.29) is 10.6 Å². The Morgan fingerprint density at radius 2 is 2.11 bits per heavy atom. The van der Waals surface area contributed by atoms with E-state index in [0.29, 0.717) is 17.1 Å². The molecular weight excluding hydrogens is 299 g/mol. The number of rotatable bonds is 4. The van der Waals surface area contributed by atoms with Crippen molar-refractivity contribution in [3.05, 3.63) is 53.2 Å². The standard InChI is InChI=1S/C14H14BrFO2/c1-3-9-5-7-13(18-9)14(15)11-6-4-10(17-2)8-12(11)16/h4-8,14H,3H2,1-2H3. The van der Waals surface area contributed by atoms with Gasteiger partial charge in [0.15, 0.2) is 0 Å². The second-order valence-corrected chi connectivity index (χ2v) is 4.82. The van der Waals surface area contributed by atoms with E-state index in [9.17, 15) is 4.39 Å². The van der Waals surface area contributed by atoms with Gasteiger partial charge in [-0.25, -0.2) is 4.39 Å². The number of hydrogen-bond donors (Lipinski definition) is 0. The van der Waals surface area contributed by atoms with Crippen LogP contribution in [-0.4, -0.2) is 7.11 Å². The summed E-state index contributed by atoms with van der Waals surface area (Å²) in [7, 11) is 1.51. The summed E-state index contributed by atoms with van der Waals surface area (Å²) in [5.74, 6) is 1.79. The highest BCUT2D eigenvalue weighted by Crippen LogP contribution is 2.34. The van der Waals surface area contributed by atoms with Crippen molar-refractivity contribution < 1.29 is 13.5 Å². The lowest BCUT2D eigenvalue weighted by molar-refractivity contribution is 0.410. The molecule has 0 radical (unpaired) electrons. The van der Waals surface area contributed by atoms with Crippen LogP contribution in [0.25, 0.3) is 0 Å². The molecule has 2 nitrogen and oxygen atoms in total. The molecule has 0 saturated heterocycles. The topological polar surface area (TPSA) is 22.4 Å². The molecule has 0 aliphatic heterocycles. The number of benzene rings is 1. The number of halogens is 2. The Labute approximate surface area is 114 Å². The smallest absolute Gasteiger partial charge is 0.131 e. The fourth-order valence-corrected chi connectivity index (χ4v) is 2.33. The molecule has 1 aromatic heterocycles. The summed E-state index contributed by atoms with van der Waals surface area (Å²) >= 11 is 3.46. The average molecular weight is 313 g/mol. The van der Waals surface area contributed by atoms with E-state index in [1.807, 2.05) is 19.1 Å². The van der Waals surface area contributed by atoms with Gasteiger partial charge in [0.2, 0.25) is 0 Å². The molecule has 1 heterocycles. The van der Waals surface area contributed by atoms with Gasteiger partial charge in [-0.3, -0.25) is 0 Å². The van der Waals surface area contributed by atoms with E-state index < -0.39 is 0 Å². The number of aryl methyl sites for hydroxylation is 1. The Hall–Kier alpha value is -1.29. The minimum atomic E-state index is -0.314. The Morgan fingerprint density at radius 1 is 1.33 bits per heavy atom. The molecule has 18 heavy (non-hydrogen) atoms. The second-order valence-electron chi connectivity index (χ2n) is 3.91. The van der Waals surface area contributed by atoms with Gasteiger partial charge in [-0.15, -0.1) is 0 Å². The largest absolute Gasteiger partial charge is 0.497 e. The molecule has 1 atom stereocenters. The van der Waals surface area contributed by atoms with Crippen LogP contribution in [-0.2, 0) is 6.42 Å². The summed E-state index contributed by atoms with van der Waals surface area (Å²) in [6.45, 7) is 2.01. The number of hydrogen-bond acceptors (Lipinski definition) is 2. The molecule has 0 N–H and O–H groups in total. The minimum Gasteiger partial charge on any atom is -0.497 e. The van der Waals surface area contributed by atoms with Gasteiger partial charge in [0.05, 0.1) is 7.11 Å². The third-order valence-electron chi connectivity index (χ3n) is 2.76. The van der Waals surface area contributed by atoms with Crippen LogP contribution in [0.2, 0.25) is 0 Å². The van der Waals surface area contributed by atoms with Crippen molar-refractivity contribution in [1.29, 1.82) is 0 Å². The molecule has 0 amide bonds. The van der Waals surface area contributed by atoms with Crippen LogP contribution in [0.5, 0.6) is 5.75 Å². The Kier molecular flexibility index (Phi) is 4.07. The zero-order valence-corrected chi connectivity index (χ0v) is 11.8. The third-order valence-corrected chi connectivity index (χ3v) is 3.71. The molecule has 1 aromatic carbocycles. The van der Waals surface area contributed by atoms with Gasteiger partial charge >= 0.3 is 0 Å². The van der Waals surface area contributed by atoms with Gasteiger partial charge in [0.25, 0.3) is 0 Å². The molecule has 0 bridgehead atoms. The highest BCUT2D eigenvalue weighted by Gasteiger charge is 2.18. The maximum absolute atomic E-state index is 13.9. The highest BCUT2D eigenvalue weighted by atomic mass is 79.9. The van der Waals surface area contributed by atoms with Crippen molar-refractivity contribution in [3.63, 3.8) is 0 Å². The van der Waals surface area contributed by atoms with Crippen LogP contribution in [0, 0.1) is 5.82 Å². The maximum Gasteiger partial charge on any atom is 0.131 e. The summed E-state index contributed by atoms with van der Waals surface area (Å²) in [5, 5.41) is 0. The zero-order valence-electron chi connectivity index (χ0n) is 10.2. The first kappa shape index (κ1) is 13.1. The van der Waals surface area contributed by atoms with Crippen LogP contribution in [0.3, 0.4) is 0 Å². The van der Waals surface area contributed by atoms with Gasteiger partial charge in [-0.1, -0.05) is 28.9 Å². The van der Waals surface area contributed by atoms with Crippen molar-refractivity contribution >= 4 is 15.9 Å². The van der Waals surface area contributed by atoms with Crippen molar-refractivity contribution in [2.45, 2.75) is 18.2 Å². The van der Waals surface area contributed by atoms with Crippen LogP contribution < -0.4 is 4.74 Å². The Morgan fingerprint density at radius 3 is 2.67 bits per heavy atom. The van der Waals surface area contributed by atoms with Crippen molar-refractivity contribution in [3.8, 4) is 5.75 Å². The molecule has 96 valence electrons. The summed E-state index contributed by atoms with van der Waals surface area (Å²) in [6.07, 6.45) is 0.824. The van der Waals surface area contributed by atoms with E-state index in [4.69, 9.17) is 9.15 Å². The van der Waals surface area contributed by atoms with E-state index >= 15 is 0 Å². The van der Waals surface area contributed by atoms with Gasteiger partial charge in [-0.2, -0.15) is 0 Å². The summed E-state index contributed by atoms with van der Waals surface area (Å²) in [6, 6.07) is 8.57. The quantitative estimate of drug-likeness (QED) is 0.777. The fraction of sp³-hybridized carbons (Fsp3) is 0.286. The van der Waals surface area contributed by atoms with Crippen molar-refractivity contribution in [1.82, 2.24) is 0 Å². The van der Waals surface area contributed by atoms with Gasteiger partial charge in [-0.05, 0) is 18.2 Å². The SMILES string of the molecule is CCc1ccc(C(Br)c2ccc(OC)cc2F)o1. The first-order chi connectivity index (χ1) is 8.65. The normalized spacial score (nSPS) is 12.4. The average Bonchev–Trinajstić information content (AvgIpc) is 2.86. The molecule has 0 spiro atoms. The van der Waals surface area contributed by atoms with Crippen molar-refractivity contribution in [2.75, 3.05) is 7.11 Å². The van der Waals surface area contributed by atoms with E-state index in [0.717, 1.165) is 12.2 Å². The minimum absolute atomic E-state index is 0.288. The van der Waals surface area contributed by atoms with Gasteiger partial charge in [0, 0.05) is 18.1 Å². The third kappa shape index (κ3) is 2.58. The lowest BCUT2D eigenvalue weighted by Gasteiger charge is -2.10. The van der Waals surface area contributed by atoms with E-state index in [2.05, 4.69) is 15.9 Å². The van der Waals surface area contributed by atoms with Crippen LogP contribution in [0.4, 0.5) is 4.39 Å². The van der Waals surface area contributed by atoms with Crippen LogP contribution in [0.15, 0.2) is 34.7 Å². The Balaban J connectivity index is 2.30. The van der Waals surface area contributed by atoms with E-state index in [1.54, 1.807) is 12.1 Å². The molecule has 0 fully saturated rings. The lowest BCUT2D eigenvalue weighted by atomic mass is 10.1. The molecule has 0 saturated carbocycles. The maximum atomic E-state index is 13.9. The van der Waals surface area contributed by atoms with Crippen molar-refractivity contribution in [2.24, 2.45) is 0 Å². The van der Waals surface area contributed by atoms with E-state index in [1.165, 1.54) is 13.2 Å². The predicted molar refractivity (Wildman–Crippen MR) is 71.8 cm³/mol. The summed E-state index contributed by atoms with van der Waals surface area (Å²) in [4.78, 5) is -0.288. The first-order valence-electron chi connectivity index (χ1n) is 5.71. The second kappa shape index (κ2) is 5.57. The zero-order chi connectivity index (χ0) is 13.1. The van der Waals surface area contributed by atoms with Crippen LogP contribution >= 0.6 is 15.9 Å². The lowest BCUT2D eigenvalue weighted by Crippen LogP contribution is -1.96. The molecule has 4 heteroatoms. The number of methoxy groups -OCH3 is 1. The highest BCUT2D eigenvalue weighted by molar-refractivity contribution is 9.09. The fourth-order valence-electron chi connectivity index (χ4n) is 1.71. The monoisotopic (exact) mass is 312 g/mol. The summed E-state index contributed by atoms with van der Waals surface area (Å²) < 4.78 is 24.5. The molecule has 2 rings (SSSR count). The number of ether oxygens (including phenoxy) is 1. The number of alkyl halides is 1. The first-order valence-corrected chi connectivity index (χ1v) is 6.63. The molecule has 1 unspecified atom stereocenters. The predicted octanol–water partition coefficient (Wildman–Crippen LogP) is 4.47. The molecule has 0 aliphatic rings. The molecular formula is C14H14BrFO2. The summed E-state index contributed by atoms with van der Waals surface area (Å²) in [5.41, 5.74) is 0.535. The van der Waals surface area contributed by atoms with Gasteiger partial charge < -0.3 is 9.15 Å².